The van der Waals surface area contributed by atoms with E-state index >= 15 is 0 Å². The van der Waals surface area contributed by atoms with Gasteiger partial charge in [-0.15, -0.1) is 0 Å². The number of nitrogens with zero attached hydrogens (tertiary/aromatic N) is 2. The largest absolute Gasteiger partial charge is 0.494 e. The Bertz CT molecular complexity index is 2150. The van der Waals surface area contributed by atoms with Crippen molar-refractivity contribution in [3.63, 3.8) is 0 Å². The molecular formula is C42H37BN2O2. The molecule has 1 saturated heterocycles. The zero-order chi connectivity index (χ0) is 32.2. The van der Waals surface area contributed by atoms with Crippen molar-refractivity contribution >= 4 is 51.4 Å². The first-order valence-electron chi connectivity index (χ1n) is 16.3. The average Bonchev–Trinajstić information content (AvgIpc) is 3.54. The maximum Gasteiger partial charge on any atom is 0.494 e. The highest BCUT2D eigenvalue weighted by atomic mass is 16.7. The number of hydrogen-bond donors (Lipinski definition) is 0. The van der Waals surface area contributed by atoms with E-state index in [0.29, 0.717) is 0 Å². The number of rotatable bonds is 6. The van der Waals surface area contributed by atoms with Gasteiger partial charge >= 0.3 is 7.12 Å². The highest BCUT2D eigenvalue weighted by molar-refractivity contribution is 6.62. The third-order valence-corrected chi connectivity index (χ3v) is 9.77. The van der Waals surface area contributed by atoms with Crippen LogP contribution in [0, 0.1) is 0 Å². The predicted molar refractivity (Wildman–Crippen MR) is 197 cm³/mol. The van der Waals surface area contributed by atoms with E-state index in [0.717, 1.165) is 39.3 Å². The van der Waals surface area contributed by atoms with Crippen molar-refractivity contribution in [2.24, 2.45) is 0 Å². The summed E-state index contributed by atoms with van der Waals surface area (Å²) in [6.45, 7) is 8.42. The molecule has 1 fully saturated rings. The monoisotopic (exact) mass is 612 g/mol. The number of anilines is 3. The molecule has 8 rings (SSSR count). The second kappa shape index (κ2) is 11.3. The molecule has 0 amide bonds. The molecule has 0 spiro atoms. The van der Waals surface area contributed by atoms with Gasteiger partial charge in [0.05, 0.1) is 22.2 Å². The van der Waals surface area contributed by atoms with Gasteiger partial charge in [-0.3, -0.25) is 0 Å². The lowest BCUT2D eigenvalue weighted by atomic mass is 9.77. The van der Waals surface area contributed by atoms with E-state index in [1.807, 2.05) is 0 Å². The van der Waals surface area contributed by atoms with Crippen molar-refractivity contribution < 1.29 is 9.31 Å². The second-order valence-corrected chi connectivity index (χ2v) is 13.3. The summed E-state index contributed by atoms with van der Waals surface area (Å²) in [5.41, 5.74) is 9.03. The highest BCUT2D eigenvalue weighted by Crippen LogP contribution is 2.40. The number of benzene rings is 6. The van der Waals surface area contributed by atoms with Gasteiger partial charge in [0.2, 0.25) is 0 Å². The van der Waals surface area contributed by atoms with Gasteiger partial charge in [0.25, 0.3) is 0 Å². The van der Waals surface area contributed by atoms with Gasteiger partial charge in [-0.1, -0.05) is 84.9 Å². The number of para-hydroxylation sites is 4. The van der Waals surface area contributed by atoms with Crippen molar-refractivity contribution in [1.82, 2.24) is 4.57 Å². The first-order chi connectivity index (χ1) is 22.8. The van der Waals surface area contributed by atoms with Crippen LogP contribution in [0.25, 0.3) is 38.6 Å². The second-order valence-electron chi connectivity index (χ2n) is 13.3. The van der Waals surface area contributed by atoms with Gasteiger partial charge in [-0.05, 0) is 111 Å². The van der Waals surface area contributed by atoms with E-state index in [-0.39, 0.29) is 0 Å². The first kappa shape index (κ1) is 29.3. The van der Waals surface area contributed by atoms with Crippen LogP contribution in [0.3, 0.4) is 0 Å². The summed E-state index contributed by atoms with van der Waals surface area (Å²) in [6, 6.07) is 53.9. The van der Waals surface area contributed by atoms with Crippen molar-refractivity contribution in [3.8, 4) is 16.8 Å². The Morgan fingerprint density at radius 2 is 1.04 bits per heavy atom. The molecule has 1 aliphatic heterocycles. The molecule has 0 N–H and O–H groups in total. The van der Waals surface area contributed by atoms with Crippen molar-refractivity contribution in [1.29, 1.82) is 0 Å². The van der Waals surface area contributed by atoms with Crippen LogP contribution in [0.1, 0.15) is 27.7 Å². The van der Waals surface area contributed by atoms with Crippen LogP contribution in [-0.4, -0.2) is 22.9 Å². The van der Waals surface area contributed by atoms with Gasteiger partial charge in [0.1, 0.15) is 0 Å². The third kappa shape index (κ3) is 5.13. The Morgan fingerprint density at radius 3 is 1.68 bits per heavy atom. The van der Waals surface area contributed by atoms with E-state index in [4.69, 9.17) is 9.31 Å². The zero-order valence-corrected chi connectivity index (χ0v) is 27.2. The van der Waals surface area contributed by atoms with Crippen molar-refractivity contribution in [2.45, 2.75) is 38.9 Å². The maximum atomic E-state index is 6.62. The molecule has 0 atom stereocenters. The fraction of sp³-hybridized carbons (Fsp3) is 0.143. The summed E-state index contributed by atoms with van der Waals surface area (Å²) >= 11 is 0. The Hall–Kier alpha value is -5.10. The van der Waals surface area contributed by atoms with Crippen molar-refractivity contribution in [3.05, 3.63) is 152 Å². The molecule has 1 aromatic heterocycles. The molecule has 6 aromatic carbocycles. The smallest absolute Gasteiger partial charge is 0.399 e. The minimum Gasteiger partial charge on any atom is -0.399 e. The predicted octanol–water partition coefficient (Wildman–Crippen LogP) is 10.2. The van der Waals surface area contributed by atoms with E-state index in [1.165, 1.54) is 21.8 Å². The summed E-state index contributed by atoms with van der Waals surface area (Å²) in [6.07, 6.45) is 0. The quantitative estimate of drug-likeness (QED) is 0.175. The molecule has 1 aliphatic rings. The molecule has 47 heavy (non-hydrogen) atoms. The zero-order valence-electron chi connectivity index (χ0n) is 27.2. The van der Waals surface area contributed by atoms with Crippen LogP contribution in [0.4, 0.5) is 17.1 Å². The van der Waals surface area contributed by atoms with Crippen LogP contribution in [0.15, 0.2) is 152 Å². The van der Waals surface area contributed by atoms with Crippen LogP contribution < -0.4 is 10.4 Å². The molecule has 4 nitrogen and oxygen atoms in total. The Labute approximate surface area is 277 Å². The molecule has 0 saturated carbocycles. The molecule has 230 valence electrons. The number of fused-ring (bicyclic) bond motifs is 3. The molecule has 2 heterocycles. The summed E-state index contributed by atoms with van der Waals surface area (Å²) in [5, 5.41) is 2.44. The topological polar surface area (TPSA) is 26.6 Å². The number of aromatic nitrogens is 1. The lowest BCUT2D eigenvalue weighted by Gasteiger charge is -2.32. The standard InChI is InChI=1S/C42H37BN2O2/c1-41(2)42(3,4)47-43(46-41)32-26-31(27-36(29-32)44(33-16-8-5-9-17-33)34-18-10-6-11-19-34)30-24-25-40-38(28-30)37-22-14-15-23-39(37)45(40)35-20-12-7-13-21-35/h5-29H,1-4H3. The molecule has 7 aromatic rings. The summed E-state index contributed by atoms with van der Waals surface area (Å²) in [7, 11) is -0.504. The van der Waals surface area contributed by atoms with E-state index in [9.17, 15) is 0 Å². The van der Waals surface area contributed by atoms with E-state index in [1.54, 1.807) is 0 Å². The third-order valence-electron chi connectivity index (χ3n) is 9.77. The highest BCUT2D eigenvalue weighted by Gasteiger charge is 2.51. The maximum absolute atomic E-state index is 6.62. The van der Waals surface area contributed by atoms with Gasteiger partial charge in [-0.25, -0.2) is 0 Å². The van der Waals surface area contributed by atoms with E-state index < -0.39 is 18.3 Å². The average molecular weight is 613 g/mol. The van der Waals surface area contributed by atoms with Crippen LogP contribution >= 0.6 is 0 Å². The Morgan fingerprint density at radius 1 is 0.489 bits per heavy atom. The Balaban J connectivity index is 1.35. The molecule has 0 unspecified atom stereocenters. The van der Waals surface area contributed by atoms with Gasteiger partial charge in [0.15, 0.2) is 0 Å². The minimum absolute atomic E-state index is 0.454. The minimum atomic E-state index is -0.504. The summed E-state index contributed by atoms with van der Waals surface area (Å²) < 4.78 is 15.6. The lowest BCUT2D eigenvalue weighted by molar-refractivity contribution is 0.00578. The lowest BCUT2D eigenvalue weighted by Crippen LogP contribution is -2.41. The Kier molecular flexibility index (Phi) is 7.05. The molecule has 0 aliphatic carbocycles. The molecule has 5 heteroatoms. The summed E-state index contributed by atoms with van der Waals surface area (Å²) in [4.78, 5) is 2.30. The van der Waals surface area contributed by atoms with Crippen LogP contribution in [-0.2, 0) is 9.31 Å². The van der Waals surface area contributed by atoms with Gasteiger partial charge in [0, 0.05) is 33.5 Å². The van der Waals surface area contributed by atoms with Gasteiger partial charge in [-0.2, -0.15) is 0 Å². The first-order valence-corrected chi connectivity index (χ1v) is 16.3. The fourth-order valence-corrected chi connectivity index (χ4v) is 6.65. The van der Waals surface area contributed by atoms with Crippen LogP contribution in [0.2, 0.25) is 0 Å². The molecule has 0 bridgehead atoms. The summed E-state index contributed by atoms with van der Waals surface area (Å²) in [5.74, 6) is 0. The SMILES string of the molecule is CC1(C)OB(c2cc(-c3ccc4c(c3)c3ccccc3n4-c3ccccc3)cc(N(c3ccccc3)c3ccccc3)c2)OC1(C)C. The molecular weight excluding hydrogens is 575 g/mol. The number of hydrogen-bond acceptors (Lipinski definition) is 3. The van der Waals surface area contributed by atoms with Crippen LogP contribution in [0.5, 0.6) is 0 Å². The van der Waals surface area contributed by atoms with E-state index in [2.05, 4.69) is 189 Å². The van der Waals surface area contributed by atoms with Crippen molar-refractivity contribution in [2.75, 3.05) is 4.90 Å². The fourth-order valence-electron chi connectivity index (χ4n) is 6.65. The van der Waals surface area contributed by atoms with Gasteiger partial charge < -0.3 is 18.8 Å². The molecule has 0 radical (unpaired) electrons. The normalized spacial score (nSPS) is 15.4.